The van der Waals surface area contributed by atoms with Crippen LogP contribution in [0.2, 0.25) is 0 Å². The van der Waals surface area contributed by atoms with Gasteiger partial charge < -0.3 is 20.1 Å². The Labute approximate surface area is 722 Å². The van der Waals surface area contributed by atoms with Crippen LogP contribution in [0.3, 0.4) is 0 Å². The predicted molar refractivity (Wildman–Crippen MR) is 476 cm³/mol. The molecule has 0 amide bonds. The zero-order valence-electron chi connectivity index (χ0n) is 69.6. The van der Waals surface area contributed by atoms with Gasteiger partial charge in [0.2, 0.25) is 0 Å². The normalized spacial score (nSPS) is 11.2. The van der Waals surface area contributed by atoms with E-state index >= 15 is 0 Å². The number of aromatic amines is 5. The molecule has 0 spiro atoms. The van der Waals surface area contributed by atoms with Gasteiger partial charge >= 0.3 is 0 Å². The number of aliphatic hydroxyl groups is 3. The van der Waals surface area contributed by atoms with Gasteiger partial charge in [-0.1, -0.05) is 103 Å². The molecule has 0 aliphatic rings. The molecular formula is C101H86F6N10O9. The summed E-state index contributed by atoms with van der Waals surface area (Å²) < 4.78 is 87.4. The van der Waals surface area contributed by atoms with Crippen LogP contribution in [0.4, 0.5) is 26.3 Å². The number of aromatic nitrogens is 10. The van der Waals surface area contributed by atoms with Crippen LogP contribution >= 0.6 is 0 Å². The Balaban J connectivity index is 0.000000153. The number of nitrogens with zero attached hydrogens (tertiary/aromatic N) is 5. The molecule has 0 aliphatic heterocycles. The van der Waals surface area contributed by atoms with Crippen molar-refractivity contribution in [2.24, 2.45) is 0 Å². The highest BCUT2D eigenvalue weighted by Gasteiger charge is 2.17. The van der Waals surface area contributed by atoms with Crippen molar-refractivity contribution in [3.63, 3.8) is 0 Å². The van der Waals surface area contributed by atoms with Crippen molar-refractivity contribution in [3.05, 3.63) is 408 Å². The summed E-state index contributed by atoms with van der Waals surface area (Å²) in [4.78, 5) is 60.7. The van der Waals surface area contributed by atoms with Crippen molar-refractivity contribution in [2.75, 3.05) is 7.11 Å². The van der Waals surface area contributed by atoms with E-state index < -0.39 is 34.8 Å². The molecule has 15 rings (SSSR count). The van der Waals surface area contributed by atoms with Crippen LogP contribution in [0.1, 0.15) is 136 Å². The number of ketones is 5. The molecule has 10 aromatic carbocycles. The molecule has 636 valence electrons. The highest BCUT2D eigenvalue weighted by Crippen LogP contribution is 2.30. The number of carbonyl (C=O) groups is 5. The highest BCUT2D eigenvalue weighted by molar-refractivity contribution is 6.09. The van der Waals surface area contributed by atoms with Gasteiger partial charge in [-0.05, 0) is 287 Å². The number of rotatable bonds is 24. The van der Waals surface area contributed by atoms with Gasteiger partial charge in [0.1, 0.15) is 40.7 Å². The lowest BCUT2D eigenvalue weighted by molar-refractivity contribution is 0.103. The van der Waals surface area contributed by atoms with Gasteiger partial charge in [0.25, 0.3) is 0 Å². The summed E-state index contributed by atoms with van der Waals surface area (Å²) in [6, 6.07) is 64.0. The fourth-order valence-corrected chi connectivity index (χ4v) is 12.4. The van der Waals surface area contributed by atoms with Crippen LogP contribution in [-0.4, -0.2) is 102 Å². The fraction of sp³-hybridized carbons (Fsp3) is 0.109. The lowest BCUT2D eigenvalue weighted by Crippen LogP contribution is -1.98. The van der Waals surface area contributed by atoms with Gasteiger partial charge in [0, 0.05) is 44.5 Å². The number of hydrogen-bond donors (Lipinski definition) is 8. The Morgan fingerprint density at radius 1 is 0.310 bits per heavy atom. The molecule has 19 nitrogen and oxygen atoms in total. The van der Waals surface area contributed by atoms with Crippen molar-refractivity contribution >= 4 is 59.3 Å². The van der Waals surface area contributed by atoms with Crippen LogP contribution in [0.5, 0.6) is 5.75 Å². The van der Waals surface area contributed by atoms with Crippen LogP contribution in [-0.2, 0) is 19.8 Å². The second-order valence-corrected chi connectivity index (χ2v) is 29.1. The Morgan fingerprint density at radius 2 is 0.675 bits per heavy atom. The summed E-state index contributed by atoms with van der Waals surface area (Å²) in [5.74, 6) is -3.81. The quantitative estimate of drug-likeness (QED) is 0.0159. The zero-order valence-corrected chi connectivity index (χ0v) is 69.6. The molecule has 0 atom stereocenters. The second kappa shape index (κ2) is 43.4. The number of hydrogen-bond acceptors (Lipinski definition) is 14. The maximum Gasteiger partial charge on any atom is 0.188 e. The maximum absolute atomic E-state index is 14.1. The molecular weight excluding hydrogens is 1610 g/mol. The van der Waals surface area contributed by atoms with E-state index in [0.717, 1.165) is 67.3 Å². The summed E-state index contributed by atoms with van der Waals surface area (Å²) >= 11 is 0. The molecule has 0 bridgehead atoms. The van der Waals surface area contributed by atoms with Crippen LogP contribution < -0.4 is 4.74 Å². The maximum atomic E-state index is 14.1. The van der Waals surface area contributed by atoms with Gasteiger partial charge in [0.05, 0.1) is 101 Å². The Bertz CT molecular complexity index is 6590. The van der Waals surface area contributed by atoms with Crippen molar-refractivity contribution in [2.45, 2.75) is 68.3 Å². The predicted octanol–water partition coefficient (Wildman–Crippen LogP) is 21.3. The Morgan fingerprint density at radius 3 is 1.06 bits per heavy atom. The van der Waals surface area contributed by atoms with Crippen LogP contribution in [0, 0.1) is 83.4 Å². The largest absolute Gasteiger partial charge is 0.496 e. The molecule has 0 unspecified atom stereocenters. The van der Waals surface area contributed by atoms with Crippen molar-refractivity contribution in [3.8, 4) is 62.0 Å². The number of allylic oxidation sites excluding steroid dienone is 5. The van der Waals surface area contributed by atoms with E-state index in [4.69, 9.17) is 14.9 Å². The molecule has 8 N–H and O–H groups in total. The first kappa shape index (κ1) is 91.3. The third-order valence-electron chi connectivity index (χ3n) is 19.7. The SMILES string of the molecule is COc1cc(-c2cc(/C=C/C(=O)c3ccc(C)cc3F)[nH]n2)ccc1CO.Cc1cc(C(=O)/C=C/c2cc(-c3ccc(CO)cc3F)n[nH]2)ccc1F.Cc1ccc(-c2cc(/C=C/C(=O)c3ccc(F)c(C)c3)[nH]n2)cc1C.Cc1ccc(C(=O)/C=C/c2cc(-c3ccc(CO)cc3)n[nH]2)c(F)c1.Cc1ccc(C(=O)/C=C/c2cc(-c3ccccc3)n[nH]2)c(F)c1. The third-order valence-corrected chi connectivity index (χ3v) is 19.7. The summed E-state index contributed by atoms with van der Waals surface area (Å²) in [5.41, 5.74) is 19.1. The van der Waals surface area contributed by atoms with E-state index in [1.165, 1.54) is 134 Å². The van der Waals surface area contributed by atoms with Gasteiger partial charge in [0.15, 0.2) is 28.9 Å². The van der Waals surface area contributed by atoms with E-state index in [1.54, 1.807) is 120 Å². The van der Waals surface area contributed by atoms with Crippen LogP contribution in [0.15, 0.2) is 261 Å². The first-order chi connectivity index (χ1) is 60.6. The molecule has 126 heavy (non-hydrogen) atoms. The molecule has 0 aliphatic carbocycles. The van der Waals surface area contributed by atoms with E-state index in [2.05, 4.69) is 77.0 Å². The zero-order chi connectivity index (χ0) is 90.1. The lowest BCUT2D eigenvalue weighted by Gasteiger charge is -2.07. The van der Waals surface area contributed by atoms with E-state index in [1.807, 2.05) is 78.9 Å². The number of ether oxygens (including phenoxy) is 1. The molecule has 15 aromatic rings. The smallest absolute Gasteiger partial charge is 0.188 e. The van der Waals surface area contributed by atoms with Gasteiger partial charge in [-0.2, -0.15) is 25.5 Å². The average molecular weight is 1700 g/mol. The minimum absolute atomic E-state index is 0.00743. The number of aliphatic hydroxyl groups excluding tert-OH is 3. The summed E-state index contributed by atoms with van der Waals surface area (Å²) in [6.07, 6.45) is 14.7. The van der Waals surface area contributed by atoms with Crippen molar-refractivity contribution in [1.29, 1.82) is 0 Å². The summed E-state index contributed by atoms with van der Waals surface area (Å²) in [7, 11) is 1.53. The molecule has 5 heterocycles. The lowest BCUT2D eigenvalue weighted by atomic mass is 10.0. The van der Waals surface area contributed by atoms with Crippen molar-refractivity contribution < 1.29 is 70.4 Å². The molecule has 5 aromatic heterocycles. The van der Waals surface area contributed by atoms with Gasteiger partial charge in [-0.3, -0.25) is 49.5 Å². The topological polar surface area (TPSA) is 299 Å². The standard InChI is InChI=1S/C21H19FN2O3.C21H19FN2O.C20H16F2N2O2.C20H17FN2O2.C19H15FN2O/c1-13-3-7-17(18(22)9-13)20(26)8-6-16-11-19(24-23-16)14-4-5-15(12-25)21(10-14)27-2;1-13-4-5-16(10-14(13)2)20-12-18(23-24-20)7-9-21(25)17-6-8-19(22)15(3)11-17;1-12-8-14(3-6-17(12)21)20(26)7-4-15-10-19(24-23-15)16-5-2-13(11-25)9-18(16)22;1-13-2-8-17(18(21)10-13)20(25)9-7-16-11-19(23-22-16)15-5-3-14(12-24)4-6-15;1-13-7-9-16(17(20)11-13)19(23)10-8-15-12-18(22-21-15)14-5-3-2-4-6-14/h3-11,25H,12H2,1-2H3,(H,23,24);4-12H,1-3H3,(H,23,24);2-10,25H,11H2,1H3,(H,23,24);2-11,24H,12H2,1H3,(H,22,23);2-12H,1H3,(H,21,22)/b8-6+;9-7+;7-4+;9-7+;10-8+. The molecule has 25 heteroatoms. The Kier molecular flexibility index (Phi) is 31.4. The van der Waals surface area contributed by atoms with E-state index in [-0.39, 0.29) is 65.5 Å². The highest BCUT2D eigenvalue weighted by atomic mass is 19.1. The van der Waals surface area contributed by atoms with Gasteiger partial charge in [-0.15, -0.1) is 0 Å². The number of aryl methyl sites for hydroxylation is 7. The number of halogens is 6. The van der Waals surface area contributed by atoms with Crippen molar-refractivity contribution in [1.82, 2.24) is 51.0 Å². The molecule has 0 radical (unpaired) electrons. The molecule has 0 saturated carbocycles. The Hall–Kier alpha value is -15.4. The van der Waals surface area contributed by atoms with E-state index in [0.29, 0.717) is 78.9 Å². The third kappa shape index (κ3) is 24.9. The summed E-state index contributed by atoms with van der Waals surface area (Å²) in [6.45, 7) is 12.3. The van der Waals surface area contributed by atoms with E-state index in [9.17, 15) is 55.4 Å². The first-order valence-electron chi connectivity index (χ1n) is 39.3. The number of methoxy groups -OCH3 is 1. The summed E-state index contributed by atoms with van der Waals surface area (Å²) in [5, 5.41) is 62.5. The minimum Gasteiger partial charge on any atom is -0.496 e. The minimum atomic E-state index is -0.536. The number of H-pyrrole nitrogens is 5. The average Bonchev–Trinajstić information content (AvgIpc) is 1.60. The number of nitrogens with one attached hydrogen (secondary N) is 5. The first-order valence-corrected chi connectivity index (χ1v) is 39.3. The number of carbonyl (C=O) groups excluding carboxylic acids is 5. The fourth-order valence-electron chi connectivity index (χ4n) is 12.4. The molecule has 0 saturated heterocycles. The molecule has 0 fully saturated rings. The monoisotopic (exact) mass is 1700 g/mol. The number of benzene rings is 10. The van der Waals surface area contributed by atoms with Crippen LogP contribution in [0.25, 0.3) is 86.7 Å². The second-order valence-electron chi connectivity index (χ2n) is 29.1. The van der Waals surface area contributed by atoms with Gasteiger partial charge in [-0.25, -0.2) is 26.3 Å².